The third-order valence-electron chi connectivity index (χ3n) is 1.82. The highest BCUT2D eigenvalue weighted by Gasteiger charge is 2.01. The summed E-state index contributed by atoms with van der Waals surface area (Å²) in [6, 6.07) is 3.99. The smallest absolute Gasteiger partial charge is 0.154 e. The van der Waals surface area contributed by atoms with Crippen molar-refractivity contribution >= 4 is 15.9 Å². The molecule has 0 aliphatic carbocycles. The van der Waals surface area contributed by atoms with Gasteiger partial charge in [0.15, 0.2) is 5.69 Å². The lowest BCUT2D eigenvalue weighted by Crippen LogP contribution is -1.90. The second-order valence-electron chi connectivity index (χ2n) is 2.89. The van der Waals surface area contributed by atoms with Gasteiger partial charge in [0, 0.05) is 6.20 Å². The number of nitrogens with zero attached hydrogens (tertiary/aromatic N) is 2. The van der Waals surface area contributed by atoms with Gasteiger partial charge in [-0.25, -0.2) is 4.98 Å². The van der Waals surface area contributed by atoms with Gasteiger partial charge >= 0.3 is 0 Å². The Morgan fingerprint density at radius 1 is 1.62 bits per heavy atom. The van der Waals surface area contributed by atoms with Gasteiger partial charge in [0.2, 0.25) is 0 Å². The molecule has 1 rings (SSSR count). The van der Waals surface area contributed by atoms with Crippen molar-refractivity contribution < 1.29 is 0 Å². The number of aromatic nitrogens is 1. The van der Waals surface area contributed by atoms with E-state index in [1.54, 1.807) is 6.20 Å². The van der Waals surface area contributed by atoms with Crippen molar-refractivity contribution in [3.05, 3.63) is 28.0 Å². The van der Waals surface area contributed by atoms with Crippen molar-refractivity contribution in [3.63, 3.8) is 0 Å². The third-order valence-corrected chi connectivity index (χ3v) is 2.43. The molecule has 0 aromatic carbocycles. The highest BCUT2D eigenvalue weighted by Crippen LogP contribution is 2.16. The third kappa shape index (κ3) is 2.82. The Labute approximate surface area is 86.7 Å². The molecule has 0 N–H and O–H groups in total. The zero-order valence-electron chi connectivity index (χ0n) is 7.55. The Kier molecular flexibility index (Phi) is 3.91. The maximum Gasteiger partial charge on any atom is 0.154 e. The maximum absolute atomic E-state index is 8.64. The molecule has 2 nitrogen and oxygen atoms in total. The Balaban J connectivity index is 2.79. The zero-order chi connectivity index (χ0) is 9.68. The second kappa shape index (κ2) is 4.98. The molecule has 68 valence electrons. The first-order valence-corrected chi connectivity index (χ1v) is 5.11. The van der Waals surface area contributed by atoms with E-state index in [1.807, 2.05) is 12.1 Å². The molecular formula is C10H11BrN2. The number of hydrogen-bond acceptors (Lipinski definition) is 2. The van der Waals surface area contributed by atoms with Gasteiger partial charge in [-0.2, -0.15) is 5.26 Å². The predicted molar refractivity (Wildman–Crippen MR) is 55.3 cm³/mol. The van der Waals surface area contributed by atoms with E-state index in [1.165, 1.54) is 18.4 Å². The molecule has 0 bridgehead atoms. The van der Waals surface area contributed by atoms with Crippen LogP contribution in [0.5, 0.6) is 0 Å². The Bertz CT molecular complexity index is 328. The minimum atomic E-state index is 0.459. The minimum Gasteiger partial charge on any atom is -0.244 e. The van der Waals surface area contributed by atoms with E-state index in [2.05, 4.69) is 27.8 Å². The van der Waals surface area contributed by atoms with Crippen LogP contribution in [0.2, 0.25) is 0 Å². The number of hydrogen-bond donors (Lipinski definition) is 0. The van der Waals surface area contributed by atoms with E-state index in [4.69, 9.17) is 5.26 Å². The molecule has 3 heteroatoms. The molecule has 0 amide bonds. The Morgan fingerprint density at radius 2 is 2.38 bits per heavy atom. The molecule has 0 aliphatic rings. The first kappa shape index (κ1) is 10.2. The van der Waals surface area contributed by atoms with Gasteiger partial charge < -0.3 is 0 Å². The average molecular weight is 239 g/mol. The van der Waals surface area contributed by atoms with Crippen molar-refractivity contribution in [2.24, 2.45) is 0 Å². The van der Waals surface area contributed by atoms with Crippen LogP contribution < -0.4 is 0 Å². The topological polar surface area (TPSA) is 36.7 Å². The number of halogens is 1. The summed E-state index contributed by atoms with van der Waals surface area (Å²) in [7, 11) is 0. The summed E-state index contributed by atoms with van der Waals surface area (Å²) in [5.74, 6) is 0. The number of nitriles is 1. The molecule has 0 fully saturated rings. The summed E-state index contributed by atoms with van der Waals surface area (Å²) in [5, 5.41) is 8.64. The molecule has 13 heavy (non-hydrogen) atoms. The summed E-state index contributed by atoms with van der Waals surface area (Å²) in [4.78, 5) is 4.04. The Hall–Kier alpha value is -0.880. The first-order valence-electron chi connectivity index (χ1n) is 4.32. The summed E-state index contributed by atoms with van der Waals surface area (Å²) < 4.78 is 0.795. The SMILES string of the molecule is CCCCc1cnc(C#N)c(Br)c1. The molecule has 0 spiro atoms. The van der Waals surface area contributed by atoms with Crippen LogP contribution in [0, 0.1) is 11.3 Å². The van der Waals surface area contributed by atoms with Crippen LogP contribution in [0.1, 0.15) is 31.0 Å². The standard InChI is InChI=1S/C10H11BrN2/c1-2-3-4-8-5-9(11)10(6-12)13-7-8/h5,7H,2-4H2,1H3. The van der Waals surface area contributed by atoms with Crippen LogP contribution in [-0.2, 0) is 6.42 Å². The molecule has 1 heterocycles. The van der Waals surface area contributed by atoms with Crippen LogP contribution in [-0.4, -0.2) is 4.98 Å². The normalized spacial score (nSPS) is 9.62. The highest BCUT2D eigenvalue weighted by atomic mass is 79.9. The van der Waals surface area contributed by atoms with Crippen molar-refractivity contribution in [1.29, 1.82) is 5.26 Å². The van der Waals surface area contributed by atoms with Crippen LogP contribution in [0.3, 0.4) is 0 Å². The van der Waals surface area contributed by atoms with Gasteiger partial charge in [-0.15, -0.1) is 0 Å². The fraction of sp³-hybridized carbons (Fsp3) is 0.400. The summed E-state index contributed by atoms with van der Waals surface area (Å²) in [6.45, 7) is 2.16. The van der Waals surface area contributed by atoms with E-state index in [0.29, 0.717) is 5.69 Å². The lowest BCUT2D eigenvalue weighted by atomic mass is 10.1. The maximum atomic E-state index is 8.64. The number of aryl methyl sites for hydroxylation is 1. The van der Waals surface area contributed by atoms with Gasteiger partial charge in [-0.3, -0.25) is 0 Å². The monoisotopic (exact) mass is 238 g/mol. The number of rotatable bonds is 3. The Morgan fingerprint density at radius 3 is 2.92 bits per heavy atom. The first-order chi connectivity index (χ1) is 6.27. The minimum absolute atomic E-state index is 0.459. The van der Waals surface area contributed by atoms with Gasteiger partial charge in [0.25, 0.3) is 0 Å². The molecule has 0 atom stereocenters. The van der Waals surface area contributed by atoms with E-state index in [0.717, 1.165) is 10.9 Å². The van der Waals surface area contributed by atoms with E-state index < -0.39 is 0 Å². The van der Waals surface area contributed by atoms with Gasteiger partial charge in [-0.1, -0.05) is 13.3 Å². The summed E-state index contributed by atoms with van der Waals surface area (Å²) >= 11 is 3.31. The van der Waals surface area contributed by atoms with Crippen molar-refractivity contribution in [3.8, 4) is 6.07 Å². The zero-order valence-corrected chi connectivity index (χ0v) is 9.13. The molecule has 0 unspecified atom stereocenters. The average Bonchev–Trinajstić information content (AvgIpc) is 2.15. The second-order valence-corrected chi connectivity index (χ2v) is 3.74. The molecule has 1 aromatic rings. The molecule has 0 radical (unpaired) electrons. The van der Waals surface area contributed by atoms with Crippen molar-refractivity contribution in [2.45, 2.75) is 26.2 Å². The van der Waals surface area contributed by atoms with Crippen LogP contribution >= 0.6 is 15.9 Å². The van der Waals surface area contributed by atoms with Gasteiger partial charge in [-0.05, 0) is 40.4 Å². The largest absolute Gasteiger partial charge is 0.244 e. The quantitative estimate of drug-likeness (QED) is 0.812. The van der Waals surface area contributed by atoms with Crippen LogP contribution in [0.15, 0.2) is 16.7 Å². The van der Waals surface area contributed by atoms with E-state index >= 15 is 0 Å². The fourth-order valence-electron chi connectivity index (χ4n) is 1.08. The fourth-order valence-corrected chi connectivity index (χ4v) is 1.56. The van der Waals surface area contributed by atoms with Crippen molar-refractivity contribution in [2.75, 3.05) is 0 Å². The number of unbranched alkanes of at least 4 members (excludes halogenated alkanes) is 1. The highest BCUT2D eigenvalue weighted by molar-refractivity contribution is 9.10. The molecule has 1 aromatic heterocycles. The summed E-state index contributed by atoms with van der Waals surface area (Å²) in [5.41, 5.74) is 1.65. The molecular weight excluding hydrogens is 228 g/mol. The lowest BCUT2D eigenvalue weighted by Gasteiger charge is -2.00. The van der Waals surface area contributed by atoms with Crippen LogP contribution in [0.4, 0.5) is 0 Å². The molecule has 0 saturated carbocycles. The van der Waals surface area contributed by atoms with E-state index in [-0.39, 0.29) is 0 Å². The van der Waals surface area contributed by atoms with E-state index in [9.17, 15) is 0 Å². The van der Waals surface area contributed by atoms with Crippen LogP contribution in [0.25, 0.3) is 0 Å². The molecule has 0 saturated heterocycles. The van der Waals surface area contributed by atoms with Crippen molar-refractivity contribution in [1.82, 2.24) is 4.98 Å². The molecule has 0 aliphatic heterocycles. The summed E-state index contributed by atoms with van der Waals surface area (Å²) in [6.07, 6.45) is 5.16. The number of pyridine rings is 1. The van der Waals surface area contributed by atoms with Gasteiger partial charge in [0.05, 0.1) is 4.47 Å². The lowest BCUT2D eigenvalue weighted by molar-refractivity contribution is 0.791. The van der Waals surface area contributed by atoms with Gasteiger partial charge in [0.1, 0.15) is 6.07 Å². The predicted octanol–water partition coefficient (Wildman–Crippen LogP) is 3.06.